The Bertz CT molecular complexity index is 707. The number of aldehydes is 1. The van der Waals surface area contributed by atoms with Crippen LogP contribution in [0.5, 0.6) is 11.5 Å². The molecule has 21 heavy (non-hydrogen) atoms. The lowest BCUT2D eigenvalue weighted by molar-refractivity contribution is 0.112. The number of carbonyl (C=O) groups is 1. The van der Waals surface area contributed by atoms with E-state index in [4.69, 9.17) is 26.3 Å². The molecular formula is C16H12ClNO3. The highest BCUT2D eigenvalue weighted by Gasteiger charge is 2.08. The highest BCUT2D eigenvalue weighted by molar-refractivity contribution is 6.30. The van der Waals surface area contributed by atoms with Gasteiger partial charge in [0.2, 0.25) is 0 Å². The van der Waals surface area contributed by atoms with E-state index in [9.17, 15) is 4.79 Å². The number of nitriles is 1. The molecule has 0 aromatic heterocycles. The van der Waals surface area contributed by atoms with Gasteiger partial charge >= 0.3 is 0 Å². The van der Waals surface area contributed by atoms with Crippen LogP contribution in [0, 0.1) is 11.3 Å². The van der Waals surface area contributed by atoms with Crippen molar-refractivity contribution in [2.75, 3.05) is 7.11 Å². The number of hydrogen-bond acceptors (Lipinski definition) is 4. The van der Waals surface area contributed by atoms with Gasteiger partial charge < -0.3 is 9.47 Å². The molecule has 5 heteroatoms. The van der Waals surface area contributed by atoms with Gasteiger partial charge in [0.25, 0.3) is 0 Å². The molecule has 4 nitrogen and oxygen atoms in total. The topological polar surface area (TPSA) is 59.3 Å². The Hall–Kier alpha value is -2.51. The van der Waals surface area contributed by atoms with Crippen molar-refractivity contribution in [3.05, 3.63) is 58.1 Å². The zero-order valence-corrected chi connectivity index (χ0v) is 12.1. The van der Waals surface area contributed by atoms with E-state index in [1.807, 2.05) is 6.07 Å². The summed E-state index contributed by atoms with van der Waals surface area (Å²) in [6, 6.07) is 11.9. The third-order valence-corrected chi connectivity index (χ3v) is 3.12. The number of ether oxygens (including phenoxy) is 2. The van der Waals surface area contributed by atoms with Gasteiger partial charge in [-0.15, -0.1) is 0 Å². The smallest absolute Gasteiger partial charge is 0.150 e. The summed E-state index contributed by atoms with van der Waals surface area (Å²) in [7, 11) is 1.54. The van der Waals surface area contributed by atoms with E-state index in [2.05, 4.69) is 0 Å². The van der Waals surface area contributed by atoms with E-state index in [1.54, 1.807) is 43.5 Å². The molecule has 0 aliphatic heterocycles. The molecule has 2 aromatic rings. The van der Waals surface area contributed by atoms with Crippen LogP contribution in [0.15, 0.2) is 36.4 Å². The zero-order valence-electron chi connectivity index (χ0n) is 11.3. The molecule has 0 amide bonds. The molecule has 2 rings (SSSR count). The van der Waals surface area contributed by atoms with Crippen LogP contribution >= 0.6 is 11.6 Å². The van der Waals surface area contributed by atoms with Gasteiger partial charge in [-0.25, -0.2) is 0 Å². The minimum atomic E-state index is 0.167. The average molecular weight is 302 g/mol. The number of halogens is 1. The maximum Gasteiger partial charge on any atom is 0.150 e. The molecule has 0 bridgehead atoms. The second kappa shape index (κ2) is 6.78. The first kappa shape index (κ1) is 14.9. The van der Waals surface area contributed by atoms with E-state index in [0.29, 0.717) is 33.2 Å². The highest BCUT2D eigenvalue weighted by Crippen LogP contribution is 2.26. The van der Waals surface area contributed by atoms with E-state index in [0.717, 1.165) is 6.29 Å². The molecular weight excluding hydrogens is 290 g/mol. The largest absolute Gasteiger partial charge is 0.496 e. The van der Waals surface area contributed by atoms with Crippen molar-refractivity contribution in [3.8, 4) is 17.6 Å². The van der Waals surface area contributed by atoms with E-state index in [1.165, 1.54) is 0 Å². The predicted octanol–water partition coefficient (Wildman–Crippen LogP) is 3.61. The second-order valence-electron chi connectivity index (χ2n) is 4.23. The fourth-order valence-electron chi connectivity index (χ4n) is 1.85. The molecule has 0 fully saturated rings. The average Bonchev–Trinajstić information content (AvgIpc) is 2.52. The van der Waals surface area contributed by atoms with Crippen LogP contribution in [-0.4, -0.2) is 13.4 Å². The van der Waals surface area contributed by atoms with Crippen molar-refractivity contribution < 1.29 is 14.3 Å². The Morgan fingerprint density at radius 1 is 1.24 bits per heavy atom. The van der Waals surface area contributed by atoms with E-state index >= 15 is 0 Å². The van der Waals surface area contributed by atoms with Crippen LogP contribution in [-0.2, 0) is 6.61 Å². The molecule has 0 atom stereocenters. The van der Waals surface area contributed by atoms with Gasteiger partial charge in [0, 0.05) is 22.2 Å². The molecule has 0 saturated carbocycles. The maximum atomic E-state index is 10.8. The zero-order chi connectivity index (χ0) is 15.2. The Kier molecular flexibility index (Phi) is 4.81. The van der Waals surface area contributed by atoms with Crippen molar-refractivity contribution in [1.82, 2.24) is 0 Å². The van der Waals surface area contributed by atoms with Crippen LogP contribution in [0.3, 0.4) is 0 Å². The van der Waals surface area contributed by atoms with Crippen LogP contribution in [0.4, 0.5) is 0 Å². The summed E-state index contributed by atoms with van der Waals surface area (Å²) in [5.74, 6) is 1.00. The first-order valence-corrected chi connectivity index (χ1v) is 6.50. The van der Waals surface area contributed by atoms with Gasteiger partial charge in [0.05, 0.1) is 12.7 Å². The predicted molar refractivity (Wildman–Crippen MR) is 78.9 cm³/mol. The van der Waals surface area contributed by atoms with Gasteiger partial charge in [-0.2, -0.15) is 5.26 Å². The van der Waals surface area contributed by atoms with Gasteiger partial charge in [0.1, 0.15) is 30.5 Å². The molecule has 0 radical (unpaired) electrons. The summed E-state index contributed by atoms with van der Waals surface area (Å²) in [5.41, 5.74) is 1.64. The summed E-state index contributed by atoms with van der Waals surface area (Å²) in [4.78, 5) is 10.8. The van der Waals surface area contributed by atoms with Crippen molar-refractivity contribution in [2.24, 2.45) is 0 Å². The number of nitrogens with zero attached hydrogens (tertiary/aromatic N) is 1. The first-order valence-electron chi connectivity index (χ1n) is 6.12. The number of carbonyl (C=O) groups excluding carboxylic acids is 1. The van der Waals surface area contributed by atoms with Crippen LogP contribution in [0.2, 0.25) is 5.02 Å². The molecule has 0 saturated heterocycles. The molecule has 106 valence electrons. The molecule has 0 spiro atoms. The molecule has 0 aliphatic carbocycles. The van der Waals surface area contributed by atoms with Crippen LogP contribution in [0.1, 0.15) is 21.5 Å². The van der Waals surface area contributed by atoms with Crippen molar-refractivity contribution in [2.45, 2.75) is 6.61 Å². The minimum absolute atomic E-state index is 0.167. The van der Waals surface area contributed by atoms with Crippen LogP contribution in [0.25, 0.3) is 0 Å². The van der Waals surface area contributed by atoms with Crippen LogP contribution < -0.4 is 9.47 Å². The van der Waals surface area contributed by atoms with Crippen molar-refractivity contribution in [3.63, 3.8) is 0 Å². The summed E-state index contributed by atoms with van der Waals surface area (Å²) >= 11 is 5.90. The molecule has 0 N–H and O–H groups in total. The monoisotopic (exact) mass is 301 g/mol. The van der Waals surface area contributed by atoms with E-state index < -0.39 is 0 Å². The summed E-state index contributed by atoms with van der Waals surface area (Å²) < 4.78 is 10.9. The lowest BCUT2D eigenvalue weighted by Gasteiger charge is -2.12. The first-order chi connectivity index (χ1) is 10.2. The summed E-state index contributed by atoms with van der Waals surface area (Å²) in [5, 5.41) is 9.53. The quantitative estimate of drug-likeness (QED) is 0.792. The Balaban J connectivity index is 2.26. The van der Waals surface area contributed by atoms with E-state index in [-0.39, 0.29) is 6.61 Å². The number of rotatable bonds is 5. The van der Waals surface area contributed by atoms with Gasteiger partial charge in [-0.1, -0.05) is 11.6 Å². The molecule has 0 heterocycles. The number of benzene rings is 2. The summed E-state index contributed by atoms with van der Waals surface area (Å²) in [6.07, 6.45) is 0.753. The lowest BCUT2D eigenvalue weighted by atomic mass is 10.1. The van der Waals surface area contributed by atoms with Crippen molar-refractivity contribution in [1.29, 1.82) is 5.26 Å². The Labute approximate surface area is 127 Å². The number of hydrogen-bond donors (Lipinski definition) is 0. The third-order valence-electron chi connectivity index (χ3n) is 2.89. The summed E-state index contributed by atoms with van der Waals surface area (Å²) in [6.45, 7) is 0.167. The fraction of sp³-hybridized carbons (Fsp3) is 0.125. The highest BCUT2D eigenvalue weighted by atomic mass is 35.5. The minimum Gasteiger partial charge on any atom is -0.496 e. The normalized spacial score (nSPS) is 9.76. The maximum absolute atomic E-state index is 10.8. The fourth-order valence-corrected chi connectivity index (χ4v) is 2.01. The SMILES string of the molecule is COc1ccc(C=O)cc1COc1cc(Cl)ccc1C#N. The Morgan fingerprint density at radius 2 is 2.05 bits per heavy atom. The standard InChI is InChI=1S/C16H12ClNO3/c1-20-15-5-2-11(9-19)6-13(15)10-21-16-7-14(17)4-3-12(16)8-18/h2-7,9H,10H2,1H3. The van der Waals surface area contributed by atoms with Gasteiger partial charge in [0.15, 0.2) is 0 Å². The van der Waals surface area contributed by atoms with Gasteiger partial charge in [-0.3, -0.25) is 4.79 Å². The molecule has 2 aromatic carbocycles. The lowest BCUT2D eigenvalue weighted by Crippen LogP contribution is -2.01. The van der Waals surface area contributed by atoms with Gasteiger partial charge in [-0.05, 0) is 30.3 Å². The second-order valence-corrected chi connectivity index (χ2v) is 4.67. The third kappa shape index (κ3) is 3.53. The Morgan fingerprint density at radius 3 is 2.71 bits per heavy atom. The number of methoxy groups -OCH3 is 1. The molecule has 0 unspecified atom stereocenters. The molecule has 0 aliphatic rings. The van der Waals surface area contributed by atoms with Crippen molar-refractivity contribution >= 4 is 17.9 Å².